The van der Waals surface area contributed by atoms with Crippen molar-refractivity contribution in [2.75, 3.05) is 26.2 Å². The Labute approximate surface area is 130 Å². The van der Waals surface area contributed by atoms with Crippen molar-refractivity contribution in [1.29, 1.82) is 0 Å². The Morgan fingerprint density at radius 1 is 1.19 bits per heavy atom. The molecule has 1 aromatic rings. The quantitative estimate of drug-likeness (QED) is 0.851. The summed E-state index contributed by atoms with van der Waals surface area (Å²) in [6.45, 7) is 16.0. The number of hydrogen-bond donors (Lipinski definition) is 1. The molecule has 2 rings (SSSR count). The fraction of sp³-hybridized carbons (Fsp3) is 0.684. The Morgan fingerprint density at radius 2 is 1.86 bits per heavy atom. The number of aryl methyl sites for hydroxylation is 3. The van der Waals surface area contributed by atoms with Gasteiger partial charge in [-0.1, -0.05) is 38.0 Å². The zero-order valence-electron chi connectivity index (χ0n) is 14.5. The number of nitrogens with zero attached hydrogens (tertiary/aromatic N) is 1. The van der Waals surface area contributed by atoms with Gasteiger partial charge in [0, 0.05) is 19.1 Å². The van der Waals surface area contributed by atoms with Crippen LogP contribution in [0, 0.1) is 26.7 Å². The van der Waals surface area contributed by atoms with Crippen molar-refractivity contribution >= 4 is 0 Å². The number of likely N-dealkylation sites (tertiary alicyclic amines) is 1. The molecule has 0 amide bonds. The van der Waals surface area contributed by atoms with E-state index < -0.39 is 0 Å². The summed E-state index contributed by atoms with van der Waals surface area (Å²) < 4.78 is 0. The zero-order valence-corrected chi connectivity index (χ0v) is 14.5. The molecular formula is C19H32N2. The largest absolute Gasteiger partial charge is 0.309 e. The lowest BCUT2D eigenvalue weighted by molar-refractivity contribution is 0.282. The lowest BCUT2D eigenvalue weighted by atomic mass is 9.93. The summed E-state index contributed by atoms with van der Waals surface area (Å²) in [5.41, 5.74) is 5.76. The van der Waals surface area contributed by atoms with E-state index in [-0.39, 0.29) is 0 Å². The van der Waals surface area contributed by atoms with Crippen LogP contribution in [0.5, 0.6) is 0 Å². The van der Waals surface area contributed by atoms with Gasteiger partial charge in [-0.2, -0.15) is 0 Å². The number of nitrogens with one attached hydrogen (secondary N) is 1. The van der Waals surface area contributed by atoms with E-state index in [2.05, 4.69) is 57.0 Å². The van der Waals surface area contributed by atoms with Gasteiger partial charge >= 0.3 is 0 Å². The fourth-order valence-electron chi connectivity index (χ4n) is 3.92. The van der Waals surface area contributed by atoms with Crippen LogP contribution >= 0.6 is 0 Å². The first kappa shape index (κ1) is 16.5. The summed E-state index contributed by atoms with van der Waals surface area (Å²) in [6.07, 6.45) is 2.70. The molecule has 2 unspecified atom stereocenters. The van der Waals surface area contributed by atoms with Crippen LogP contribution in [-0.4, -0.2) is 31.1 Å². The van der Waals surface area contributed by atoms with Crippen LogP contribution in [0.1, 0.15) is 55.0 Å². The molecular weight excluding hydrogens is 256 g/mol. The van der Waals surface area contributed by atoms with Gasteiger partial charge in [0.1, 0.15) is 0 Å². The molecule has 1 fully saturated rings. The van der Waals surface area contributed by atoms with Crippen LogP contribution in [0.3, 0.4) is 0 Å². The minimum absolute atomic E-state index is 0.464. The van der Waals surface area contributed by atoms with Crippen LogP contribution in [0.2, 0.25) is 0 Å². The summed E-state index contributed by atoms with van der Waals surface area (Å²) in [5.74, 6) is 0.910. The molecule has 1 aromatic carbocycles. The molecule has 1 aliphatic heterocycles. The first-order valence-corrected chi connectivity index (χ1v) is 8.58. The molecule has 21 heavy (non-hydrogen) atoms. The van der Waals surface area contributed by atoms with Crippen LogP contribution < -0.4 is 5.32 Å². The molecule has 1 saturated heterocycles. The first-order valence-electron chi connectivity index (χ1n) is 8.58. The lowest BCUT2D eigenvalue weighted by Gasteiger charge is -2.28. The van der Waals surface area contributed by atoms with Gasteiger partial charge in [-0.25, -0.2) is 0 Å². The molecule has 2 nitrogen and oxygen atoms in total. The predicted octanol–water partition coefficient (Wildman–Crippen LogP) is 3.99. The minimum Gasteiger partial charge on any atom is -0.309 e. The van der Waals surface area contributed by atoms with Gasteiger partial charge in [-0.15, -0.1) is 0 Å². The zero-order chi connectivity index (χ0) is 15.4. The van der Waals surface area contributed by atoms with E-state index in [4.69, 9.17) is 0 Å². The van der Waals surface area contributed by atoms with Crippen molar-refractivity contribution < 1.29 is 0 Å². The topological polar surface area (TPSA) is 15.3 Å². The second-order valence-electron chi connectivity index (χ2n) is 6.75. The third-order valence-electron chi connectivity index (χ3n) is 4.93. The number of rotatable bonds is 6. The normalized spacial score (nSPS) is 20.9. The van der Waals surface area contributed by atoms with Crippen molar-refractivity contribution in [1.82, 2.24) is 10.2 Å². The summed E-state index contributed by atoms with van der Waals surface area (Å²) in [4.78, 5) is 2.65. The Bertz CT molecular complexity index is 444. The van der Waals surface area contributed by atoms with E-state index >= 15 is 0 Å². The Kier molecular flexibility index (Phi) is 5.83. The second-order valence-corrected chi connectivity index (χ2v) is 6.75. The van der Waals surface area contributed by atoms with Crippen LogP contribution in [0.25, 0.3) is 0 Å². The standard InChI is InChI=1S/C19H32N2/c1-6-17-8-9-21(12-17)13-18(20-7-2)19-15(4)10-14(3)11-16(19)5/h10-11,17-18,20H,6-9,12-13H2,1-5H3. The molecule has 0 aliphatic carbocycles. The molecule has 1 aliphatic rings. The number of benzene rings is 1. The highest BCUT2D eigenvalue weighted by Gasteiger charge is 2.25. The summed E-state index contributed by atoms with van der Waals surface area (Å²) in [5, 5.41) is 3.72. The van der Waals surface area contributed by atoms with E-state index in [9.17, 15) is 0 Å². The molecule has 1 N–H and O–H groups in total. The van der Waals surface area contributed by atoms with Gasteiger partial charge in [-0.3, -0.25) is 0 Å². The third-order valence-corrected chi connectivity index (χ3v) is 4.93. The second kappa shape index (κ2) is 7.42. The Balaban J connectivity index is 2.16. The van der Waals surface area contributed by atoms with Crippen molar-refractivity contribution in [3.8, 4) is 0 Å². The van der Waals surface area contributed by atoms with Crippen LogP contribution in [-0.2, 0) is 0 Å². The van der Waals surface area contributed by atoms with E-state index in [1.807, 2.05) is 0 Å². The molecule has 2 heteroatoms. The molecule has 118 valence electrons. The summed E-state index contributed by atoms with van der Waals surface area (Å²) in [6, 6.07) is 5.11. The maximum absolute atomic E-state index is 3.72. The first-order chi connectivity index (χ1) is 10.0. The molecule has 0 radical (unpaired) electrons. The van der Waals surface area contributed by atoms with Gasteiger partial charge in [0.05, 0.1) is 0 Å². The maximum atomic E-state index is 3.72. The van der Waals surface area contributed by atoms with Crippen molar-refractivity contribution in [2.45, 2.75) is 53.5 Å². The predicted molar refractivity (Wildman–Crippen MR) is 91.9 cm³/mol. The Morgan fingerprint density at radius 3 is 2.38 bits per heavy atom. The highest BCUT2D eigenvalue weighted by molar-refractivity contribution is 5.39. The smallest absolute Gasteiger partial charge is 0.0454 e. The van der Waals surface area contributed by atoms with E-state index in [1.165, 1.54) is 48.2 Å². The SMILES string of the molecule is CCNC(CN1CCC(CC)C1)c1c(C)cc(C)cc1C. The Hall–Kier alpha value is -0.860. The van der Waals surface area contributed by atoms with Gasteiger partial charge < -0.3 is 10.2 Å². The molecule has 1 heterocycles. The van der Waals surface area contributed by atoms with Gasteiger partial charge in [0.25, 0.3) is 0 Å². The van der Waals surface area contributed by atoms with Gasteiger partial charge in [0.15, 0.2) is 0 Å². The van der Waals surface area contributed by atoms with E-state index in [1.54, 1.807) is 0 Å². The summed E-state index contributed by atoms with van der Waals surface area (Å²) in [7, 11) is 0. The number of hydrogen-bond acceptors (Lipinski definition) is 2. The third kappa shape index (κ3) is 4.08. The molecule has 0 saturated carbocycles. The highest BCUT2D eigenvalue weighted by atomic mass is 15.2. The monoisotopic (exact) mass is 288 g/mol. The van der Waals surface area contributed by atoms with Crippen molar-refractivity contribution in [2.24, 2.45) is 5.92 Å². The van der Waals surface area contributed by atoms with Crippen molar-refractivity contribution in [3.63, 3.8) is 0 Å². The average molecular weight is 288 g/mol. The fourth-order valence-corrected chi connectivity index (χ4v) is 3.92. The lowest BCUT2D eigenvalue weighted by Crippen LogP contribution is -2.35. The van der Waals surface area contributed by atoms with Crippen LogP contribution in [0.15, 0.2) is 12.1 Å². The molecule has 2 atom stereocenters. The van der Waals surface area contributed by atoms with Crippen LogP contribution in [0.4, 0.5) is 0 Å². The molecule has 0 spiro atoms. The summed E-state index contributed by atoms with van der Waals surface area (Å²) >= 11 is 0. The maximum Gasteiger partial charge on any atom is 0.0454 e. The minimum atomic E-state index is 0.464. The number of likely N-dealkylation sites (N-methyl/N-ethyl adjacent to an activating group) is 1. The van der Waals surface area contributed by atoms with Gasteiger partial charge in [-0.05, 0) is 62.9 Å². The molecule has 0 aromatic heterocycles. The molecule has 0 bridgehead atoms. The van der Waals surface area contributed by atoms with E-state index in [0.717, 1.165) is 19.0 Å². The van der Waals surface area contributed by atoms with Crippen molar-refractivity contribution in [3.05, 3.63) is 34.4 Å². The highest BCUT2D eigenvalue weighted by Crippen LogP contribution is 2.27. The van der Waals surface area contributed by atoms with E-state index in [0.29, 0.717) is 6.04 Å². The average Bonchev–Trinajstić information content (AvgIpc) is 2.85. The van der Waals surface area contributed by atoms with Gasteiger partial charge in [0.2, 0.25) is 0 Å².